The van der Waals surface area contributed by atoms with Crippen LogP contribution in [0.3, 0.4) is 0 Å². The summed E-state index contributed by atoms with van der Waals surface area (Å²) in [5.41, 5.74) is 3.01. The van der Waals surface area contributed by atoms with E-state index in [1.54, 1.807) is 43.1 Å². The topological polar surface area (TPSA) is 107 Å². The number of imide groups is 1. The largest absolute Gasteiger partial charge is 0.325 e. The highest BCUT2D eigenvalue weighted by Crippen LogP contribution is 2.15. The number of hydrogen-bond donors (Lipinski definition) is 3. The van der Waals surface area contributed by atoms with Gasteiger partial charge < -0.3 is 10.3 Å². The first-order valence-corrected chi connectivity index (χ1v) is 9.62. The Hall–Kier alpha value is -3.52. The van der Waals surface area contributed by atoms with Crippen molar-refractivity contribution in [2.24, 2.45) is 0 Å². The number of aromatic amines is 1. The lowest BCUT2D eigenvalue weighted by atomic mass is 10.1. The van der Waals surface area contributed by atoms with Gasteiger partial charge in [-0.2, -0.15) is 0 Å². The molecule has 0 saturated heterocycles. The zero-order chi connectivity index (χ0) is 21.8. The second kappa shape index (κ2) is 8.87. The van der Waals surface area contributed by atoms with E-state index in [2.05, 4.69) is 20.6 Å². The quantitative estimate of drug-likeness (QED) is 0.603. The molecule has 3 amide bonds. The molecule has 0 aliphatic rings. The summed E-state index contributed by atoms with van der Waals surface area (Å²) in [7, 11) is 1.72. The van der Waals surface area contributed by atoms with Gasteiger partial charge in [0.15, 0.2) is 0 Å². The summed E-state index contributed by atoms with van der Waals surface area (Å²) in [5, 5.41) is 5.56. The number of H-pyrrole nitrogens is 1. The van der Waals surface area contributed by atoms with Crippen molar-refractivity contribution in [3.63, 3.8) is 0 Å². The minimum Gasteiger partial charge on any atom is -0.309 e. The van der Waals surface area contributed by atoms with Crippen molar-refractivity contribution in [1.82, 2.24) is 20.2 Å². The molecular weight excluding hydrogens is 382 g/mol. The van der Waals surface area contributed by atoms with Crippen molar-refractivity contribution in [3.05, 3.63) is 69.8 Å². The normalized spacial score (nSPS) is 12.0. The van der Waals surface area contributed by atoms with E-state index < -0.39 is 18.0 Å². The number of para-hydroxylation sites is 1. The van der Waals surface area contributed by atoms with Crippen molar-refractivity contribution < 1.29 is 9.59 Å². The molecule has 3 aromatic rings. The van der Waals surface area contributed by atoms with Crippen LogP contribution in [0, 0.1) is 13.8 Å². The maximum absolute atomic E-state index is 12.5. The summed E-state index contributed by atoms with van der Waals surface area (Å²) in [6.45, 7) is 5.78. The van der Waals surface area contributed by atoms with Gasteiger partial charge >= 0.3 is 6.03 Å². The van der Waals surface area contributed by atoms with Gasteiger partial charge in [0.1, 0.15) is 5.82 Å². The van der Waals surface area contributed by atoms with Gasteiger partial charge in [0.25, 0.3) is 5.56 Å². The van der Waals surface area contributed by atoms with E-state index in [1.807, 2.05) is 32.0 Å². The fourth-order valence-electron chi connectivity index (χ4n) is 3.11. The molecule has 0 fully saturated rings. The number of likely N-dealkylation sites (N-methyl/N-ethyl adjacent to an activating group) is 1. The van der Waals surface area contributed by atoms with Gasteiger partial charge in [-0.3, -0.25) is 19.8 Å². The number of fused-ring (bicyclic) bond motifs is 1. The van der Waals surface area contributed by atoms with E-state index in [1.165, 1.54) is 0 Å². The maximum Gasteiger partial charge on any atom is 0.325 e. The summed E-state index contributed by atoms with van der Waals surface area (Å²) < 4.78 is 0. The number of aromatic nitrogens is 2. The average Bonchev–Trinajstić information content (AvgIpc) is 2.69. The zero-order valence-corrected chi connectivity index (χ0v) is 17.4. The number of nitrogens with zero attached hydrogens (tertiary/aromatic N) is 2. The molecular formula is C22H25N5O3. The molecule has 8 nitrogen and oxygen atoms in total. The third-order valence-electron chi connectivity index (χ3n) is 4.97. The zero-order valence-electron chi connectivity index (χ0n) is 17.4. The maximum atomic E-state index is 12.5. The Balaban J connectivity index is 1.62. The molecule has 0 radical (unpaired) electrons. The van der Waals surface area contributed by atoms with E-state index >= 15 is 0 Å². The third kappa shape index (κ3) is 4.90. The average molecular weight is 407 g/mol. The molecule has 0 saturated carbocycles. The number of amides is 3. The minimum absolute atomic E-state index is 0.228. The molecule has 0 aliphatic carbocycles. The van der Waals surface area contributed by atoms with Gasteiger partial charge in [0, 0.05) is 5.69 Å². The summed E-state index contributed by atoms with van der Waals surface area (Å²) in [4.78, 5) is 45.8. The number of nitrogens with one attached hydrogen (secondary N) is 3. The van der Waals surface area contributed by atoms with Crippen molar-refractivity contribution in [2.45, 2.75) is 33.4 Å². The highest BCUT2D eigenvalue weighted by atomic mass is 16.2. The first-order valence-electron chi connectivity index (χ1n) is 9.62. The number of carbonyl (C=O) groups is 2. The smallest absolute Gasteiger partial charge is 0.309 e. The monoisotopic (exact) mass is 407 g/mol. The molecule has 8 heteroatoms. The second-order valence-corrected chi connectivity index (χ2v) is 7.38. The number of hydrogen-bond acceptors (Lipinski definition) is 5. The standard InChI is InChI=1S/C22H25N5O3/c1-13-9-10-17(14(2)11-13)24-22(30)26-20(28)15(3)27(4)12-19-23-18-8-6-5-7-16(18)21(29)25-19/h5-11,15H,12H2,1-4H3,(H,23,25,29)(H2,24,26,28,30)/t15-/m1/s1. The lowest BCUT2D eigenvalue weighted by Gasteiger charge is -2.23. The molecule has 0 unspecified atom stereocenters. The van der Waals surface area contributed by atoms with E-state index in [-0.39, 0.29) is 12.1 Å². The molecule has 0 aliphatic heterocycles. The number of urea groups is 1. The van der Waals surface area contributed by atoms with Crippen LogP contribution in [0.1, 0.15) is 23.9 Å². The Kier molecular flexibility index (Phi) is 6.27. The van der Waals surface area contributed by atoms with Crippen LogP contribution in [-0.2, 0) is 11.3 Å². The predicted molar refractivity (Wildman–Crippen MR) is 116 cm³/mol. The van der Waals surface area contributed by atoms with Crippen LogP contribution >= 0.6 is 0 Å². The number of carbonyl (C=O) groups excluding carboxylic acids is 2. The van der Waals surface area contributed by atoms with Gasteiger partial charge in [-0.25, -0.2) is 9.78 Å². The number of rotatable bonds is 5. The Bertz CT molecular complexity index is 1150. The Labute approximate surface area is 174 Å². The van der Waals surface area contributed by atoms with Gasteiger partial charge in [-0.1, -0.05) is 29.8 Å². The van der Waals surface area contributed by atoms with Crippen LogP contribution in [-0.4, -0.2) is 39.9 Å². The number of aryl methyl sites for hydroxylation is 2. The molecule has 1 aromatic heterocycles. The molecule has 3 N–H and O–H groups in total. The molecule has 156 valence electrons. The molecule has 1 heterocycles. The highest BCUT2D eigenvalue weighted by molar-refractivity contribution is 6.03. The van der Waals surface area contributed by atoms with E-state index in [4.69, 9.17) is 0 Å². The molecule has 3 rings (SSSR count). The summed E-state index contributed by atoms with van der Waals surface area (Å²) >= 11 is 0. The summed E-state index contributed by atoms with van der Waals surface area (Å²) in [5.74, 6) is -0.0107. The SMILES string of the molecule is Cc1ccc(NC(=O)NC(=O)[C@@H](C)N(C)Cc2nc3ccccc3c(=O)[nH]2)c(C)c1. The van der Waals surface area contributed by atoms with Crippen LogP contribution < -0.4 is 16.2 Å². The van der Waals surface area contributed by atoms with Crippen molar-refractivity contribution in [1.29, 1.82) is 0 Å². The first-order chi connectivity index (χ1) is 14.2. The van der Waals surface area contributed by atoms with Crippen LogP contribution in [0.2, 0.25) is 0 Å². The second-order valence-electron chi connectivity index (χ2n) is 7.38. The molecule has 0 bridgehead atoms. The van der Waals surface area contributed by atoms with Crippen LogP contribution in [0.4, 0.5) is 10.5 Å². The van der Waals surface area contributed by atoms with Gasteiger partial charge in [-0.05, 0) is 51.6 Å². The van der Waals surface area contributed by atoms with Crippen LogP contribution in [0.5, 0.6) is 0 Å². The Morgan fingerprint density at radius 2 is 1.90 bits per heavy atom. The van der Waals surface area contributed by atoms with Crippen LogP contribution in [0.15, 0.2) is 47.3 Å². The van der Waals surface area contributed by atoms with Crippen molar-refractivity contribution in [2.75, 3.05) is 12.4 Å². The lowest BCUT2D eigenvalue weighted by molar-refractivity contribution is -0.124. The lowest BCUT2D eigenvalue weighted by Crippen LogP contribution is -2.46. The predicted octanol–water partition coefficient (Wildman–Crippen LogP) is 2.71. The van der Waals surface area contributed by atoms with E-state index in [9.17, 15) is 14.4 Å². The summed E-state index contributed by atoms with van der Waals surface area (Å²) in [6.07, 6.45) is 0. The molecule has 2 aromatic carbocycles. The molecule has 1 atom stereocenters. The Morgan fingerprint density at radius 3 is 2.63 bits per heavy atom. The van der Waals surface area contributed by atoms with E-state index in [0.29, 0.717) is 22.4 Å². The number of benzene rings is 2. The van der Waals surface area contributed by atoms with Gasteiger partial charge in [-0.15, -0.1) is 0 Å². The minimum atomic E-state index is -0.619. The van der Waals surface area contributed by atoms with Crippen LogP contribution in [0.25, 0.3) is 10.9 Å². The Morgan fingerprint density at radius 1 is 1.17 bits per heavy atom. The van der Waals surface area contributed by atoms with Gasteiger partial charge in [0.2, 0.25) is 5.91 Å². The first kappa shape index (κ1) is 21.2. The van der Waals surface area contributed by atoms with Gasteiger partial charge in [0.05, 0.1) is 23.5 Å². The van der Waals surface area contributed by atoms with Crippen molar-refractivity contribution in [3.8, 4) is 0 Å². The molecule has 30 heavy (non-hydrogen) atoms. The number of anilines is 1. The molecule has 0 spiro atoms. The fraction of sp³-hybridized carbons (Fsp3) is 0.273. The summed E-state index contributed by atoms with van der Waals surface area (Å²) in [6, 6.07) is 11.5. The fourth-order valence-corrected chi connectivity index (χ4v) is 3.11. The highest BCUT2D eigenvalue weighted by Gasteiger charge is 2.21. The van der Waals surface area contributed by atoms with E-state index in [0.717, 1.165) is 11.1 Å². The van der Waals surface area contributed by atoms with Crippen molar-refractivity contribution >= 4 is 28.5 Å². The third-order valence-corrected chi connectivity index (χ3v) is 4.97.